The summed E-state index contributed by atoms with van der Waals surface area (Å²) < 4.78 is 0. The summed E-state index contributed by atoms with van der Waals surface area (Å²) in [7, 11) is 1.87. The van der Waals surface area contributed by atoms with E-state index in [0.29, 0.717) is 17.8 Å². The van der Waals surface area contributed by atoms with Crippen molar-refractivity contribution in [2.75, 3.05) is 12.4 Å². The topological polar surface area (TPSA) is 45.2 Å². The molecule has 0 aliphatic heterocycles. The van der Waals surface area contributed by atoms with E-state index in [1.54, 1.807) is 6.07 Å². The molecule has 1 aromatic heterocycles. The minimum atomic E-state index is 0.0205. The van der Waals surface area contributed by atoms with E-state index in [2.05, 4.69) is 24.1 Å². The lowest BCUT2D eigenvalue weighted by atomic mass is 9.92. The molecule has 1 fully saturated rings. The molecule has 1 aliphatic rings. The molecule has 0 atom stereocenters. The van der Waals surface area contributed by atoms with Gasteiger partial charge in [0.1, 0.15) is 11.5 Å². The zero-order chi connectivity index (χ0) is 13.1. The fraction of sp³-hybridized carbons (Fsp3) is 0.571. The Bertz CT molecular complexity index is 427. The highest BCUT2D eigenvalue weighted by molar-refractivity contribution is 5.92. The summed E-state index contributed by atoms with van der Waals surface area (Å²) in [6, 6.07) is 6.26. The van der Waals surface area contributed by atoms with E-state index in [-0.39, 0.29) is 5.91 Å². The summed E-state index contributed by atoms with van der Waals surface area (Å²) in [6.07, 6.45) is 3.46. The van der Waals surface area contributed by atoms with Gasteiger partial charge in [-0.05, 0) is 45.2 Å². The highest BCUT2D eigenvalue weighted by atomic mass is 16.2. The van der Waals surface area contributed by atoms with Gasteiger partial charge in [0.05, 0.1) is 0 Å². The van der Waals surface area contributed by atoms with Crippen LogP contribution in [0.3, 0.4) is 0 Å². The average Bonchev–Trinajstić information content (AvgIpc) is 2.25. The van der Waals surface area contributed by atoms with Gasteiger partial charge in [0.2, 0.25) is 0 Å². The third-order valence-corrected chi connectivity index (χ3v) is 3.35. The molecule has 2 rings (SSSR count). The van der Waals surface area contributed by atoms with Gasteiger partial charge in [-0.2, -0.15) is 0 Å². The predicted octanol–water partition coefficient (Wildman–Crippen LogP) is 2.53. The molecular formula is C14H21N3O. The van der Waals surface area contributed by atoms with E-state index in [0.717, 1.165) is 18.7 Å². The lowest BCUT2D eigenvalue weighted by Crippen LogP contribution is -2.41. The molecule has 0 bridgehead atoms. The first kappa shape index (κ1) is 12.9. The van der Waals surface area contributed by atoms with Crippen LogP contribution in [0, 0.1) is 0 Å². The van der Waals surface area contributed by atoms with Crippen LogP contribution in [0.1, 0.15) is 43.6 Å². The van der Waals surface area contributed by atoms with Crippen molar-refractivity contribution < 1.29 is 4.79 Å². The molecule has 4 nitrogen and oxygen atoms in total. The Morgan fingerprint density at radius 3 is 2.72 bits per heavy atom. The van der Waals surface area contributed by atoms with Gasteiger partial charge in [-0.1, -0.05) is 6.07 Å². The van der Waals surface area contributed by atoms with Crippen molar-refractivity contribution in [1.82, 2.24) is 9.88 Å². The third kappa shape index (κ3) is 2.81. The van der Waals surface area contributed by atoms with Crippen molar-refractivity contribution in [3.8, 4) is 0 Å². The van der Waals surface area contributed by atoms with Gasteiger partial charge in [0.25, 0.3) is 5.91 Å². The minimum absolute atomic E-state index is 0.0205. The Morgan fingerprint density at radius 2 is 2.17 bits per heavy atom. The number of nitrogens with zero attached hydrogens (tertiary/aromatic N) is 2. The van der Waals surface area contributed by atoms with Crippen molar-refractivity contribution >= 4 is 11.7 Å². The van der Waals surface area contributed by atoms with Gasteiger partial charge >= 0.3 is 0 Å². The molecule has 1 N–H and O–H groups in total. The van der Waals surface area contributed by atoms with Gasteiger partial charge in [0.15, 0.2) is 0 Å². The predicted molar refractivity (Wildman–Crippen MR) is 72.7 cm³/mol. The Hall–Kier alpha value is -1.58. The third-order valence-electron chi connectivity index (χ3n) is 3.35. The fourth-order valence-electron chi connectivity index (χ4n) is 2.05. The molecule has 1 aliphatic carbocycles. The second kappa shape index (κ2) is 5.38. The van der Waals surface area contributed by atoms with Crippen LogP contribution in [0.5, 0.6) is 0 Å². The number of hydrogen-bond acceptors (Lipinski definition) is 3. The molecule has 1 saturated carbocycles. The first-order valence-electron chi connectivity index (χ1n) is 6.58. The van der Waals surface area contributed by atoms with Crippen LogP contribution in [0.4, 0.5) is 5.82 Å². The maximum absolute atomic E-state index is 12.3. The summed E-state index contributed by atoms with van der Waals surface area (Å²) in [5.41, 5.74) is 0.523. The maximum atomic E-state index is 12.3. The Kier molecular flexibility index (Phi) is 3.84. The molecule has 18 heavy (non-hydrogen) atoms. The van der Waals surface area contributed by atoms with Crippen molar-refractivity contribution in [2.24, 2.45) is 0 Å². The van der Waals surface area contributed by atoms with Gasteiger partial charge in [0, 0.05) is 19.1 Å². The van der Waals surface area contributed by atoms with Gasteiger partial charge in [-0.15, -0.1) is 0 Å². The number of pyridine rings is 1. The molecule has 1 heterocycles. The minimum Gasteiger partial charge on any atom is -0.368 e. The van der Waals surface area contributed by atoms with Crippen LogP contribution < -0.4 is 5.32 Å². The fourth-order valence-corrected chi connectivity index (χ4v) is 2.05. The molecule has 1 amide bonds. The van der Waals surface area contributed by atoms with Gasteiger partial charge < -0.3 is 10.2 Å². The molecule has 0 aromatic carbocycles. The smallest absolute Gasteiger partial charge is 0.272 e. The molecule has 0 saturated heterocycles. The average molecular weight is 247 g/mol. The van der Waals surface area contributed by atoms with Crippen LogP contribution in [0.25, 0.3) is 0 Å². The summed E-state index contributed by atoms with van der Waals surface area (Å²) in [4.78, 5) is 18.4. The Labute approximate surface area is 108 Å². The van der Waals surface area contributed by atoms with E-state index in [9.17, 15) is 4.79 Å². The van der Waals surface area contributed by atoms with Gasteiger partial charge in [-0.3, -0.25) is 4.79 Å². The number of rotatable bonds is 4. The first-order chi connectivity index (χ1) is 8.58. The second-order valence-corrected chi connectivity index (χ2v) is 5.21. The van der Waals surface area contributed by atoms with Crippen LogP contribution in [0.2, 0.25) is 0 Å². The zero-order valence-corrected chi connectivity index (χ0v) is 11.3. The van der Waals surface area contributed by atoms with Crippen LogP contribution in [-0.2, 0) is 0 Å². The summed E-state index contributed by atoms with van der Waals surface area (Å²) in [5.74, 6) is 0.782. The monoisotopic (exact) mass is 247 g/mol. The molecule has 0 radical (unpaired) electrons. The second-order valence-electron chi connectivity index (χ2n) is 5.21. The molecule has 0 spiro atoms. The number of anilines is 1. The molecule has 1 aromatic rings. The van der Waals surface area contributed by atoms with E-state index in [1.165, 1.54) is 6.42 Å². The summed E-state index contributed by atoms with van der Waals surface area (Å²) in [5, 5.41) is 3.21. The van der Waals surface area contributed by atoms with E-state index >= 15 is 0 Å². The van der Waals surface area contributed by atoms with Gasteiger partial charge in [-0.25, -0.2) is 4.98 Å². The van der Waals surface area contributed by atoms with Crippen molar-refractivity contribution in [2.45, 2.75) is 45.2 Å². The van der Waals surface area contributed by atoms with E-state index in [4.69, 9.17) is 0 Å². The number of amides is 1. The van der Waals surface area contributed by atoms with Crippen molar-refractivity contribution in [3.63, 3.8) is 0 Å². The lowest BCUT2D eigenvalue weighted by Gasteiger charge is -2.34. The highest BCUT2D eigenvalue weighted by Gasteiger charge is 2.26. The quantitative estimate of drug-likeness (QED) is 0.889. The SMILES string of the molecule is CC(C)Nc1cccc(C(=O)N(C)C2CCC2)n1. The summed E-state index contributed by atoms with van der Waals surface area (Å²) in [6.45, 7) is 4.10. The number of aromatic nitrogens is 1. The number of hydrogen-bond donors (Lipinski definition) is 1. The molecule has 4 heteroatoms. The van der Waals surface area contributed by atoms with E-state index in [1.807, 2.05) is 24.1 Å². The molecular weight excluding hydrogens is 226 g/mol. The number of carbonyl (C=O) groups excluding carboxylic acids is 1. The number of carbonyl (C=O) groups is 1. The largest absolute Gasteiger partial charge is 0.368 e. The molecule has 98 valence electrons. The van der Waals surface area contributed by atoms with Crippen molar-refractivity contribution in [1.29, 1.82) is 0 Å². The van der Waals surface area contributed by atoms with Crippen molar-refractivity contribution in [3.05, 3.63) is 23.9 Å². The summed E-state index contributed by atoms with van der Waals surface area (Å²) >= 11 is 0. The zero-order valence-electron chi connectivity index (χ0n) is 11.3. The standard InChI is InChI=1S/C14H21N3O/c1-10(2)15-13-9-5-8-12(16-13)14(18)17(3)11-6-4-7-11/h5,8-11H,4,6-7H2,1-3H3,(H,15,16). The lowest BCUT2D eigenvalue weighted by molar-refractivity contribution is 0.0646. The van der Waals surface area contributed by atoms with Crippen LogP contribution in [0.15, 0.2) is 18.2 Å². The Morgan fingerprint density at radius 1 is 1.44 bits per heavy atom. The first-order valence-corrected chi connectivity index (χ1v) is 6.58. The maximum Gasteiger partial charge on any atom is 0.272 e. The molecule has 0 unspecified atom stereocenters. The van der Waals surface area contributed by atoms with Crippen LogP contribution >= 0.6 is 0 Å². The highest BCUT2D eigenvalue weighted by Crippen LogP contribution is 2.24. The normalized spacial score (nSPS) is 15.3. The Balaban J connectivity index is 2.09. The van der Waals surface area contributed by atoms with E-state index < -0.39 is 0 Å². The van der Waals surface area contributed by atoms with Crippen LogP contribution in [-0.4, -0.2) is 34.9 Å². The number of nitrogens with one attached hydrogen (secondary N) is 1.